The summed E-state index contributed by atoms with van der Waals surface area (Å²) in [6, 6.07) is 0. The van der Waals surface area contributed by atoms with E-state index in [2.05, 4.69) is 20.8 Å². The van der Waals surface area contributed by atoms with Gasteiger partial charge in [-0.3, -0.25) is 19.2 Å². The van der Waals surface area contributed by atoms with Crippen molar-refractivity contribution in [2.75, 3.05) is 19.8 Å². The van der Waals surface area contributed by atoms with Crippen LogP contribution in [0.1, 0.15) is 387 Å². The Bertz CT molecular complexity index is 1270. The molecule has 0 fully saturated rings. The molecule has 8 heteroatoms. The topological polar surface area (TPSA) is 116 Å². The van der Waals surface area contributed by atoms with Gasteiger partial charge in [-0.2, -0.15) is 0 Å². The maximum atomic E-state index is 13.7. The summed E-state index contributed by atoms with van der Waals surface area (Å²) in [5.74, 6) is -5.98. The normalized spacial score (nSPS) is 12.7. The highest BCUT2D eigenvalue weighted by Gasteiger charge is 2.37. The van der Waals surface area contributed by atoms with Crippen LogP contribution in [0.5, 0.6) is 0 Å². The van der Waals surface area contributed by atoms with E-state index >= 15 is 0 Å². The third-order valence-electron chi connectivity index (χ3n) is 16.8. The first-order valence-corrected chi connectivity index (χ1v) is 35.0. The van der Waals surface area contributed by atoms with Crippen LogP contribution in [0.2, 0.25) is 0 Å². The molecular formula is C70H134O8. The van der Waals surface area contributed by atoms with E-state index in [1.807, 2.05) is 0 Å². The minimum Gasteiger partial charge on any atom is -0.481 e. The fourth-order valence-electron chi connectivity index (χ4n) is 11.3. The van der Waals surface area contributed by atoms with Gasteiger partial charge >= 0.3 is 23.9 Å². The number of unbranched alkanes of at least 4 members (excludes halogenated alkanes) is 51. The van der Waals surface area contributed by atoms with Crippen LogP contribution in [0, 0.1) is 17.8 Å². The lowest BCUT2D eigenvalue weighted by atomic mass is 9.84. The monoisotopic (exact) mass is 1100 g/mol. The lowest BCUT2D eigenvalue weighted by molar-refractivity contribution is -0.162. The van der Waals surface area contributed by atoms with Gasteiger partial charge in [-0.05, 0) is 25.7 Å². The second-order valence-electron chi connectivity index (χ2n) is 24.5. The van der Waals surface area contributed by atoms with Crippen LogP contribution in [0.15, 0.2) is 0 Å². The van der Waals surface area contributed by atoms with E-state index in [0.29, 0.717) is 0 Å². The number of hydrogen-bond donors (Lipinski definition) is 1. The van der Waals surface area contributed by atoms with E-state index < -0.39 is 41.6 Å². The number of carbonyl (C=O) groups is 4. The largest absolute Gasteiger partial charge is 0.481 e. The molecule has 0 rings (SSSR count). The fourth-order valence-corrected chi connectivity index (χ4v) is 11.3. The van der Waals surface area contributed by atoms with Gasteiger partial charge in [-0.15, -0.1) is 0 Å². The highest BCUT2D eigenvalue weighted by molar-refractivity contribution is 5.83. The Morgan fingerprint density at radius 1 is 0.295 bits per heavy atom. The van der Waals surface area contributed by atoms with E-state index in [1.165, 1.54) is 296 Å². The molecule has 0 aliphatic heterocycles. The summed E-state index contributed by atoms with van der Waals surface area (Å²) in [7, 11) is 0. The van der Waals surface area contributed by atoms with E-state index in [-0.39, 0.29) is 32.7 Å². The fraction of sp³-hybridized carbons (Fsp3) is 0.943. The summed E-state index contributed by atoms with van der Waals surface area (Å²) < 4.78 is 17.1. The quantitative estimate of drug-likeness (QED) is 0.0364. The van der Waals surface area contributed by atoms with Crippen molar-refractivity contribution >= 4 is 23.9 Å². The Morgan fingerprint density at radius 3 is 0.731 bits per heavy atom. The number of carbonyl (C=O) groups excluding carboxylic acids is 3. The molecule has 0 radical (unpaired) electrons. The standard InChI is InChI=1S/C70H134O8/c1-5-8-11-14-17-20-23-26-29-32-35-38-41-44-47-50-53-56-59-76-67(71)63-65(69(74)77-60-57-54-51-48-45-42-39-36-33-30-27-24-21-18-15-12-9-6-2)62-66(64(4)68(72)73)70(75)78-61-58-55-52-49-46-43-40-37-34-31-28-25-22-19-16-13-10-7-3/h64-66H,5-63H2,1-4H3,(H,72,73). The Balaban J connectivity index is 4.76. The van der Waals surface area contributed by atoms with Crippen molar-refractivity contribution < 1.29 is 38.5 Å². The zero-order chi connectivity index (χ0) is 56.9. The maximum absolute atomic E-state index is 13.7. The van der Waals surface area contributed by atoms with Crippen molar-refractivity contribution in [2.24, 2.45) is 17.8 Å². The lowest BCUT2D eigenvalue weighted by Crippen LogP contribution is -2.34. The molecule has 1 N–H and O–H groups in total. The first kappa shape index (κ1) is 75.9. The molecule has 0 saturated heterocycles. The third kappa shape index (κ3) is 54.5. The van der Waals surface area contributed by atoms with Crippen molar-refractivity contribution in [2.45, 2.75) is 387 Å². The maximum Gasteiger partial charge on any atom is 0.309 e. The van der Waals surface area contributed by atoms with Crippen LogP contribution in [0.3, 0.4) is 0 Å². The van der Waals surface area contributed by atoms with E-state index in [1.54, 1.807) is 0 Å². The molecule has 462 valence electrons. The molecule has 78 heavy (non-hydrogen) atoms. The van der Waals surface area contributed by atoms with E-state index in [9.17, 15) is 24.3 Å². The number of aliphatic carboxylic acids is 1. The van der Waals surface area contributed by atoms with Crippen molar-refractivity contribution in [3.8, 4) is 0 Å². The number of hydrogen-bond acceptors (Lipinski definition) is 7. The minimum atomic E-state index is -1.13. The molecule has 0 aliphatic carbocycles. The smallest absolute Gasteiger partial charge is 0.309 e. The average molecular weight is 1100 g/mol. The van der Waals surface area contributed by atoms with Gasteiger partial charge in [0.1, 0.15) is 0 Å². The molecule has 0 aromatic rings. The molecule has 0 saturated carbocycles. The molecule has 0 heterocycles. The number of carboxylic acid groups (broad SMARTS) is 1. The predicted molar refractivity (Wildman–Crippen MR) is 332 cm³/mol. The molecule has 0 spiro atoms. The first-order chi connectivity index (χ1) is 38.3. The third-order valence-corrected chi connectivity index (χ3v) is 16.8. The molecule has 0 aromatic carbocycles. The zero-order valence-corrected chi connectivity index (χ0v) is 52.8. The van der Waals surface area contributed by atoms with E-state index in [4.69, 9.17) is 14.2 Å². The van der Waals surface area contributed by atoms with Gasteiger partial charge < -0.3 is 19.3 Å². The summed E-state index contributed by atoms with van der Waals surface area (Å²) in [6.07, 6.45) is 68.6. The van der Waals surface area contributed by atoms with Crippen LogP contribution >= 0.6 is 0 Å². The highest BCUT2D eigenvalue weighted by Crippen LogP contribution is 2.27. The average Bonchev–Trinajstić information content (AvgIpc) is 3.44. The number of ether oxygens (including phenoxy) is 3. The van der Waals surface area contributed by atoms with Gasteiger partial charge in [0.25, 0.3) is 0 Å². The summed E-state index contributed by atoms with van der Waals surface area (Å²) in [5, 5.41) is 10.1. The van der Waals surface area contributed by atoms with E-state index in [0.717, 1.165) is 57.8 Å². The van der Waals surface area contributed by atoms with Crippen molar-refractivity contribution in [1.29, 1.82) is 0 Å². The second-order valence-corrected chi connectivity index (χ2v) is 24.5. The van der Waals surface area contributed by atoms with Gasteiger partial charge in [0.2, 0.25) is 0 Å². The molecule has 3 atom stereocenters. The molecule has 0 bridgehead atoms. The SMILES string of the molecule is CCCCCCCCCCCCCCCCCCCCOC(=O)CC(CC(C(=O)OCCCCCCCCCCCCCCCCCCCC)C(C)C(=O)O)C(=O)OCCCCCCCCCCCCCCCCCCCC. The van der Waals surface area contributed by atoms with Crippen molar-refractivity contribution in [3.63, 3.8) is 0 Å². The summed E-state index contributed by atoms with van der Waals surface area (Å²) in [5.41, 5.74) is 0. The molecule has 3 unspecified atom stereocenters. The predicted octanol–water partition coefficient (Wildman–Crippen LogP) is 22.5. The van der Waals surface area contributed by atoms with Crippen LogP contribution in [-0.4, -0.2) is 48.8 Å². The number of carboxylic acids is 1. The Morgan fingerprint density at radius 2 is 0.500 bits per heavy atom. The van der Waals surface area contributed by atoms with Crippen molar-refractivity contribution in [1.82, 2.24) is 0 Å². The van der Waals surface area contributed by atoms with Crippen LogP contribution in [0.25, 0.3) is 0 Å². The van der Waals surface area contributed by atoms with Gasteiger partial charge in [-0.1, -0.05) is 355 Å². The minimum absolute atomic E-state index is 0.127. The number of rotatable bonds is 65. The summed E-state index contributed by atoms with van der Waals surface area (Å²) in [4.78, 5) is 52.8. The Hall–Kier alpha value is -2.12. The first-order valence-electron chi connectivity index (χ1n) is 35.0. The Kier molecular flexibility index (Phi) is 60.8. The van der Waals surface area contributed by atoms with Crippen LogP contribution in [0.4, 0.5) is 0 Å². The molecule has 0 amide bonds. The molecule has 0 aromatic heterocycles. The summed E-state index contributed by atoms with van der Waals surface area (Å²) in [6.45, 7) is 9.07. The van der Waals surface area contributed by atoms with Gasteiger partial charge in [0.05, 0.1) is 44.0 Å². The molecule has 8 nitrogen and oxygen atoms in total. The number of esters is 3. The Labute approximate surface area is 485 Å². The van der Waals surface area contributed by atoms with Crippen LogP contribution < -0.4 is 0 Å². The summed E-state index contributed by atoms with van der Waals surface area (Å²) >= 11 is 0. The molecular weight excluding hydrogens is 969 g/mol. The zero-order valence-electron chi connectivity index (χ0n) is 52.8. The second kappa shape index (κ2) is 62.5. The van der Waals surface area contributed by atoms with Gasteiger partial charge in [0, 0.05) is 0 Å². The van der Waals surface area contributed by atoms with Crippen LogP contribution in [-0.2, 0) is 33.4 Å². The highest BCUT2D eigenvalue weighted by atomic mass is 16.5. The molecule has 0 aliphatic rings. The van der Waals surface area contributed by atoms with Gasteiger partial charge in [0.15, 0.2) is 0 Å². The van der Waals surface area contributed by atoms with Crippen molar-refractivity contribution in [3.05, 3.63) is 0 Å². The van der Waals surface area contributed by atoms with Gasteiger partial charge in [-0.25, -0.2) is 0 Å². The lowest BCUT2D eigenvalue weighted by Gasteiger charge is -2.24.